The first-order chi connectivity index (χ1) is 11.6. The van der Waals surface area contributed by atoms with Crippen LogP contribution in [0.2, 0.25) is 0 Å². The zero-order valence-corrected chi connectivity index (χ0v) is 12.9. The lowest BCUT2D eigenvalue weighted by molar-refractivity contribution is 0.138. The first kappa shape index (κ1) is 14.6. The number of likely N-dealkylation sites (tertiary alicyclic amines) is 1. The molecule has 1 atom stereocenters. The molecule has 8 heteroatoms. The Morgan fingerprint density at radius 3 is 3.08 bits per heavy atom. The maximum atomic E-state index is 12.4. The number of fused-ring (bicyclic) bond motifs is 3. The molecule has 1 aliphatic rings. The smallest absolute Gasteiger partial charge is 0.407 e. The minimum atomic E-state index is -1.01. The predicted octanol–water partition coefficient (Wildman–Crippen LogP) is 2.49. The molecule has 0 unspecified atom stereocenters. The molecule has 0 saturated carbocycles. The summed E-state index contributed by atoms with van der Waals surface area (Å²) in [4.78, 5) is 32.2. The van der Waals surface area contributed by atoms with Crippen LogP contribution in [0.5, 0.6) is 5.75 Å². The molecule has 3 heterocycles. The second-order valence-corrected chi connectivity index (χ2v) is 5.73. The fraction of sp³-hybridized carbons (Fsp3) is 0.312. The van der Waals surface area contributed by atoms with Crippen LogP contribution in [0.3, 0.4) is 0 Å². The number of ether oxygens (including phenoxy) is 1. The third kappa shape index (κ3) is 2.10. The number of H-pyrrole nitrogens is 1. The van der Waals surface area contributed by atoms with Gasteiger partial charge in [-0.3, -0.25) is 9.69 Å². The number of amides is 1. The van der Waals surface area contributed by atoms with Gasteiger partial charge in [-0.2, -0.15) is 0 Å². The maximum Gasteiger partial charge on any atom is 0.407 e. The standard InChI is InChI=1S/C16H15N3O5/c1-23-8-4-5-11-9(7-8)12-13(24-11)15(20)18-14(17-12)10-3-2-6-19(10)16(21)22/h4-5,7,10H,2-3,6H2,1H3,(H,21,22)(H,17,18,20)/t10-/m0/s1. The summed E-state index contributed by atoms with van der Waals surface area (Å²) in [7, 11) is 1.55. The van der Waals surface area contributed by atoms with E-state index in [1.807, 2.05) is 0 Å². The van der Waals surface area contributed by atoms with Crippen molar-refractivity contribution in [1.29, 1.82) is 0 Å². The van der Waals surface area contributed by atoms with Crippen molar-refractivity contribution < 1.29 is 19.1 Å². The number of aromatic amines is 1. The van der Waals surface area contributed by atoms with Crippen LogP contribution in [-0.2, 0) is 0 Å². The molecule has 24 heavy (non-hydrogen) atoms. The zero-order chi connectivity index (χ0) is 16.8. The Bertz CT molecular complexity index is 1010. The highest BCUT2D eigenvalue weighted by atomic mass is 16.5. The monoisotopic (exact) mass is 329 g/mol. The third-order valence-electron chi connectivity index (χ3n) is 4.36. The van der Waals surface area contributed by atoms with Gasteiger partial charge in [0.25, 0.3) is 5.56 Å². The topological polar surface area (TPSA) is 109 Å². The van der Waals surface area contributed by atoms with Crippen molar-refractivity contribution in [1.82, 2.24) is 14.9 Å². The normalized spacial score (nSPS) is 17.7. The molecule has 0 bridgehead atoms. The number of carbonyl (C=O) groups is 1. The molecule has 1 fully saturated rings. The van der Waals surface area contributed by atoms with E-state index in [-0.39, 0.29) is 5.58 Å². The predicted molar refractivity (Wildman–Crippen MR) is 85.4 cm³/mol. The van der Waals surface area contributed by atoms with Crippen LogP contribution in [0.4, 0.5) is 4.79 Å². The van der Waals surface area contributed by atoms with E-state index >= 15 is 0 Å². The van der Waals surface area contributed by atoms with E-state index in [2.05, 4.69) is 9.97 Å². The molecule has 4 rings (SSSR count). The van der Waals surface area contributed by atoms with Gasteiger partial charge in [-0.25, -0.2) is 9.78 Å². The Morgan fingerprint density at radius 1 is 1.50 bits per heavy atom. The minimum Gasteiger partial charge on any atom is -0.497 e. The molecule has 1 amide bonds. The van der Waals surface area contributed by atoms with E-state index < -0.39 is 17.7 Å². The molecular formula is C16H15N3O5. The molecular weight excluding hydrogens is 314 g/mol. The fourth-order valence-electron chi connectivity index (χ4n) is 3.21. The van der Waals surface area contributed by atoms with Crippen molar-refractivity contribution >= 4 is 28.2 Å². The van der Waals surface area contributed by atoms with Crippen LogP contribution in [-0.4, -0.2) is 39.7 Å². The Hall–Kier alpha value is -3.03. The second kappa shape index (κ2) is 5.26. The SMILES string of the molecule is COc1ccc2oc3c(=O)[nH]c([C@@H]4CCCN4C(=O)O)nc3c2c1. The average molecular weight is 329 g/mol. The van der Waals surface area contributed by atoms with Crippen LogP contribution in [0.15, 0.2) is 27.4 Å². The molecule has 2 aromatic heterocycles. The highest BCUT2D eigenvalue weighted by molar-refractivity contribution is 6.02. The van der Waals surface area contributed by atoms with Crippen molar-refractivity contribution in [3.05, 3.63) is 34.4 Å². The lowest BCUT2D eigenvalue weighted by atomic mass is 10.2. The van der Waals surface area contributed by atoms with Gasteiger partial charge in [0.05, 0.1) is 18.5 Å². The number of aromatic nitrogens is 2. The third-order valence-corrected chi connectivity index (χ3v) is 4.36. The molecule has 0 radical (unpaired) electrons. The number of nitrogens with one attached hydrogen (secondary N) is 1. The first-order valence-electron chi connectivity index (χ1n) is 7.58. The summed E-state index contributed by atoms with van der Waals surface area (Å²) >= 11 is 0. The van der Waals surface area contributed by atoms with Crippen LogP contribution >= 0.6 is 0 Å². The number of hydrogen-bond donors (Lipinski definition) is 2. The molecule has 3 aromatic rings. The fourth-order valence-corrected chi connectivity index (χ4v) is 3.21. The van der Waals surface area contributed by atoms with E-state index in [9.17, 15) is 14.7 Å². The zero-order valence-electron chi connectivity index (χ0n) is 12.9. The maximum absolute atomic E-state index is 12.4. The van der Waals surface area contributed by atoms with Crippen LogP contribution in [0.25, 0.3) is 22.1 Å². The summed E-state index contributed by atoms with van der Waals surface area (Å²) in [5.41, 5.74) is 0.659. The van der Waals surface area contributed by atoms with Gasteiger partial charge in [0, 0.05) is 6.54 Å². The van der Waals surface area contributed by atoms with Gasteiger partial charge in [0.15, 0.2) is 0 Å². The summed E-state index contributed by atoms with van der Waals surface area (Å²) < 4.78 is 10.8. The quantitative estimate of drug-likeness (QED) is 0.747. The minimum absolute atomic E-state index is 0.127. The molecule has 0 spiro atoms. The Balaban J connectivity index is 1.93. The first-order valence-corrected chi connectivity index (χ1v) is 7.58. The average Bonchev–Trinajstić information content (AvgIpc) is 3.19. The number of methoxy groups -OCH3 is 1. The number of carboxylic acid groups (broad SMARTS) is 1. The number of nitrogens with zero attached hydrogens (tertiary/aromatic N) is 2. The number of benzene rings is 1. The molecule has 0 aliphatic carbocycles. The van der Waals surface area contributed by atoms with E-state index in [0.29, 0.717) is 41.0 Å². The van der Waals surface area contributed by atoms with Gasteiger partial charge in [0.2, 0.25) is 5.58 Å². The van der Waals surface area contributed by atoms with E-state index in [4.69, 9.17) is 9.15 Å². The van der Waals surface area contributed by atoms with Gasteiger partial charge in [-0.15, -0.1) is 0 Å². The van der Waals surface area contributed by atoms with Crippen LogP contribution in [0, 0.1) is 0 Å². The summed E-state index contributed by atoms with van der Waals surface area (Å²) in [6.45, 7) is 0.432. The van der Waals surface area contributed by atoms with E-state index in [0.717, 1.165) is 6.42 Å². The Kier molecular flexibility index (Phi) is 3.19. The van der Waals surface area contributed by atoms with Crippen molar-refractivity contribution in [2.24, 2.45) is 0 Å². The van der Waals surface area contributed by atoms with Crippen LogP contribution < -0.4 is 10.3 Å². The molecule has 2 N–H and O–H groups in total. The number of rotatable bonds is 2. The van der Waals surface area contributed by atoms with Gasteiger partial charge in [0.1, 0.15) is 22.7 Å². The lowest BCUT2D eigenvalue weighted by Crippen LogP contribution is -2.30. The summed E-state index contributed by atoms with van der Waals surface area (Å²) in [5.74, 6) is 0.972. The highest BCUT2D eigenvalue weighted by Gasteiger charge is 2.32. The van der Waals surface area contributed by atoms with Gasteiger partial charge in [-0.1, -0.05) is 0 Å². The summed E-state index contributed by atoms with van der Waals surface area (Å²) in [6.07, 6.45) is 0.345. The molecule has 124 valence electrons. The summed E-state index contributed by atoms with van der Waals surface area (Å²) in [5, 5.41) is 9.96. The number of furan rings is 1. The Labute approximate surface area is 135 Å². The van der Waals surface area contributed by atoms with E-state index in [1.54, 1.807) is 25.3 Å². The largest absolute Gasteiger partial charge is 0.497 e. The number of hydrogen-bond acceptors (Lipinski definition) is 5. The van der Waals surface area contributed by atoms with Gasteiger partial charge in [-0.05, 0) is 31.0 Å². The van der Waals surface area contributed by atoms with Gasteiger partial charge >= 0.3 is 6.09 Å². The summed E-state index contributed by atoms with van der Waals surface area (Å²) in [6, 6.07) is 4.76. The molecule has 1 saturated heterocycles. The van der Waals surface area contributed by atoms with Crippen molar-refractivity contribution in [3.8, 4) is 5.75 Å². The molecule has 1 aliphatic heterocycles. The lowest BCUT2D eigenvalue weighted by Gasteiger charge is -2.20. The van der Waals surface area contributed by atoms with Crippen molar-refractivity contribution in [2.75, 3.05) is 13.7 Å². The van der Waals surface area contributed by atoms with Crippen molar-refractivity contribution in [2.45, 2.75) is 18.9 Å². The van der Waals surface area contributed by atoms with Crippen molar-refractivity contribution in [3.63, 3.8) is 0 Å². The molecule has 1 aromatic carbocycles. The highest BCUT2D eigenvalue weighted by Crippen LogP contribution is 2.32. The molecule has 8 nitrogen and oxygen atoms in total. The van der Waals surface area contributed by atoms with Gasteiger partial charge < -0.3 is 19.2 Å². The van der Waals surface area contributed by atoms with E-state index in [1.165, 1.54) is 4.90 Å². The van der Waals surface area contributed by atoms with Crippen LogP contribution in [0.1, 0.15) is 24.7 Å². The second-order valence-electron chi connectivity index (χ2n) is 5.73. The Morgan fingerprint density at radius 2 is 2.33 bits per heavy atom.